The molecule has 0 unspecified atom stereocenters. The SMILES string of the molecule is O=C1NCc2cc(F)cc(Cl)c21. The van der Waals surface area contributed by atoms with Crippen molar-refractivity contribution >= 4 is 17.5 Å². The third kappa shape index (κ3) is 0.975. The number of hydrogen-bond acceptors (Lipinski definition) is 1. The average molecular weight is 186 g/mol. The molecule has 1 aliphatic heterocycles. The Kier molecular flexibility index (Phi) is 1.54. The first-order chi connectivity index (χ1) is 5.68. The molecular weight excluding hydrogens is 181 g/mol. The number of nitrogens with one attached hydrogen (secondary N) is 1. The Bertz CT molecular complexity index is 364. The van der Waals surface area contributed by atoms with Gasteiger partial charge in [0, 0.05) is 6.54 Å². The van der Waals surface area contributed by atoms with E-state index < -0.39 is 5.82 Å². The largest absolute Gasteiger partial charge is 0.348 e. The van der Waals surface area contributed by atoms with E-state index >= 15 is 0 Å². The van der Waals surface area contributed by atoms with Gasteiger partial charge in [-0.1, -0.05) is 11.6 Å². The highest BCUT2D eigenvalue weighted by molar-refractivity contribution is 6.34. The van der Waals surface area contributed by atoms with Crippen molar-refractivity contribution < 1.29 is 9.18 Å². The molecule has 2 nitrogen and oxygen atoms in total. The van der Waals surface area contributed by atoms with Gasteiger partial charge in [-0.2, -0.15) is 0 Å². The summed E-state index contributed by atoms with van der Waals surface area (Å²) in [7, 11) is 0. The molecule has 12 heavy (non-hydrogen) atoms. The van der Waals surface area contributed by atoms with Crippen molar-refractivity contribution in [3.05, 3.63) is 34.1 Å². The molecule has 1 N–H and O–H groups in total. The summed E-state index contributed by atoms with van der Waals surface area (Å²) < 4.78 is 12.7. The molecule has 1 amide bonds. The monoisotopic (exact) mass is 185 g/mol. The van der Waals surface area contributed by atoms with E-state index in [1.165, 1.54) is 6.07 Å². The fourth-order valence-electron chi connectivity index (χ4n) is 1.28. The zero-order valence-corrected chi connectivity index (χ0v) is 6.78. The molecule has 1 heterocycles. The fourth-order valence-corrected chi connectivity index (χ4v) is 1.60. The van der Waals surface area contributed by atoms with Crippen LogP contribution in [-0.4, -0.2) is 5.91 Å². The fraction of sp³-hybridized carbons (Fsp3) is 0.125. The smallest absolute Gasteiger partial charge is 0.253 e. The minimum Gasteiger partial charge on any atom is -0.348 e. The van der Waals surface area contributed by atoms with Crippen molar-refractivity contribution in [2.24, 2.45) is 0 Å². The minimum atomic E-state index is -0.407. The van der Waals surface area contributed by atoms with Gasteiger partial charge < -0.3 is 5.32 Å². The standard InChI is InChI=1S/C8H5ClFNO/c9-6-2-5(10)1-4-3-11-8(12)7(4)6/h1-2H,3H2,(H,11,12). The Morgan fingerprint density at radius 3 is 3.00 bits per heavy atom. The van der Waals surface area contributed by atoms with Crippen molar-refractivity contribution in [2.75, 3.05) is 0 Å². The molecule has 62 valence electrons. The maximum atomic E-state index is 12.7. The summed E-state index contributed by atoms with van der Waals surface area (Å²) in [6, 6.07) is 2.46. The summed E-state index contributed by atoms with van der Waals surface area (Å²) in [4.78, 5) is 11.1. The zero-order chi connectivity index (χ0) is 8.72. The van der Waals surface area contributed by atoms with Crippen molar-refractivity contribution in [1.29, 1.82) is 0 Å². The molecule has 0 radical (unpaired) electrons. The number of carbonyl (C=O) groups is 1. The maximum absolute atomic E-state index is 12.7. The van der Waals surface area contributed by atoms with E-state index in [0.717, 1.165) is 6.07 Å². The van der Waals surface area contributed by atoms with Crippen LogP contribution >= 0.6 is 11.6 Å². The predicted molar refractivity (Wildman–Crippen MR) is 42.6 cm³/mol. The van der Waals surface area contributed by atoms with E-state index in [9.17, 15) is 9.18 Å². The van der Waals surface area contributed by atoms with Gasteiger partial charge in [0.25, 0.3) is 5.91 Å². The lowest BCUT2D eigenvalue weighted by Crippen LogP contribution is -2.12. The molecule has 0 aromatic heterocycles. The number of halogens is 2. The summed E-state index contributed by atoms with van der Waals surface area (Å²) in [5.74, 6) is -0.634. The number of amides is 1. The molecule has 0 spiro atoms. The third-order valence-electron chi connectivity index (χ3n) is 1.80. The maximum Gasteiger partial charge on any atom is 0.253 e. The molecule has 0 fully saturated rings. The number of benzene rings is 1. The zero-order valence-electron chi connectivity index (χ0n) is 6.03. The van der Waals surface area contributed by atoms with Gasteiger partial charge in [0.05, 0.1) is 10.6 Å². The van der Waals surface area contributed by atoms with Crippen molar-refractivity contribution in [1.82, 2.24) is 5.32 Å². The molecule has 1 aromatic carbocycles. The highest BCUT2D eigenvalue weighted by atomic mass is 35.5. The topological polar surface area (TPSA) is 29.1 Å². The van der Waals surface area contributed by atoms with E-state index in [2.05, 4.69) is 5.32 Å². The first-order valence-corrected chi connectivity index (χ1v) is 3.82. The van der Waals surface area contributed by atoms with Gasteiger partial charge in [-0.3, -0.25) is 4.79 Å². The van der Waals surface area contributed by atoms with Crippen molar-refractivity contribution in [3.8, 4) is 0 Å². The van der Waals surface area contributed by atoms with E-state index in [-0.39, 0.29) is 10.9 Å². The molecule has 2 rings (SSSR count). The molecular formula is C8H5ClFNO. The summed E-state index contributed by atoms with van der Waals surface area (Å²) in [6.07, 6.45) is 0. The molecule has 1 aromatic rings. The second kappa shape index (κ2) is 2.45. The first-order valence-electron chi connectivity index (χ1n) is 3.44. The average Bonchev–Trinajstić information content (AvgIpc) is 2.31. The Morgan fingerprint density at radius 1 is 1.50 bits per heavy atom. The van der Waals surface area contributed by atoms with Gasteiger partial charge in [0.15, 0.2) is 0 Å². The Hall–Kier alpha value is -1.09. The van der Waals surface area contributed by atoms with Crippen LogP contribution in [-0.2, 0) is 6.54 Å². The van der Waals surface area contributed by atoms with Crippen LogP contribution in [0.3, 0.4) is 0 Å². The van der Waals surface area contributed by atoms with Crippen LogP contribution in [0.15, 0.2) is 12.1 Å². The van der Waals surface area contributed by atoms with Crippen LogP contribution in [0.1, 0.15) is 15.9 Å². The molecule has 4 heteroatoms. The van der Waals surface area contributed by atoms with E-state index in [4.69, 9.17) is 11.6 Å². The normalized spacial score (nSPS) is 14.3. The third-order valence-corrected chi connectivity index (χ3v) is 2.10. The second-order valence-electron chi connectivity index (χ2n) is 2.60. The number of fused-ring (bicyclic) bond motifs is 1. The first kappa shape index (κ1) is 7.55. The lowest BCUT2D eigenvalue weighted by atomic mass is 10.1. The Balaban J connectivity index is 2.68. The van der Waals surface area contributed by atoms with E-state index in [1.807, 2.05) is 0 Å². The quantitative estimate of drug-likeness (QED) is 0.655. The van der Waals surface area contributed by atoms with Crippen molar-refractivity contribution in [2.45, 2.75) is 6.54 Å². The van der Waals surface area contributed by atoms with E-state index in [0.29, 0.717) is 17.7 Å². The molecule has 0 aliphatic carbocycles. The predicted octanol–water partition coefficient (Wildman–Crippen LogP) is 1.72. The van der Waals surface area contributed by atoms with Gasteiger partial charge in [-0.25, -0.2) is 4.39 Å². The Morgan fingerprint density at radius 2 is 2.25 bits per heavy atom. The molecule has 0 saturated carbocycles. The van der Waals surface area contributed by atoms with Crippen molar-refractivity contribution in [3.63, 3.8) is 0 Å². The molecule has 0 saturated heterocycles. The summed E-state index contributed by atoms with van der Waals surface area (Å²) in [6.45, 7) is 0.367. The number of carbonyl (C=O) groups excluding carboxylic acids is 1. The van der Waals surface area contributed by atoms with Crippen LogP contribution in [0.5, 0.6) is 0 Å². The lowest BCUT2D eigenvalue weighted by Gasteiger charge is -1.98. The highest BCUT2D eigenvalue weighted by Crippen LogP contribution is 2.25. The number of hydrogen-bond donors (Lipinski definition) is 1. The summed E-state index contributed by atoms with van der Waals surface area (Å²) in [5.41, 5.74) is 1.03. The van der Waals surface area contributed by atoms with Gasteiger partial charge in [0.2, 0.25) is 0 Å². The van der Waals surface area contributed by atoms with Gasteiger partial charge in [-0.15, -0.1) is 0 Å². The second-order valence-corrected chi connectivity index (χ2v) is 3.01. The van der Waals surface area contributed by atoms with Crippen LogP contribution in [0.25, 0.3) is 0 Å². The van der Waals surface area contributed by atoms with Gasteiger partial charge >= 0.3 is 0 Å². The van der Waals surface area contributed by atoms with Gasteiger partial charge in [0.1, 0.15) is 5.82 Å². The van der Waals surface area contributed by atoms with Crippen LogP contribution in [0.4, 0.5) is 4.39 Å². The number of rotatable bonds is 0. The summed E-state index contributed by atoms with van der Waals surface area (Å²) >= 11 is 5.67. The van der Waals surface area contributed by atoms with E-state index in [1.54, 1.807) is 0 Å². The summed E-state index contributed by atoms with van der Waals surface area (Å²) in [5, 5.41) is 2.74. The minimum absolute atomic E-state index is 0.181. The lowest BCUT2D eigenvalue weighted by molar-refractivity contribution is 0.0966. The van der Waals surface area contributed by atoms with Crippen LogP contribution in [0, 0.1) is 5.82 Å². The molecule has 0 bridgehead atoms. The Labute approximate surface area is 73.3 Å². The molecule has 1 aliphatic rings. The van der Waals surface area contributed by atoms with Crippen LogP contribution < -0.4 is 5.32 Å². The van der Waals surface area contributed by atoms with Crippen LogP contribution in [0.2, 0.25) is 5.02 Å². The van der Waals surface area contributed by atoms with Gasteiger partial charge in [-0.05, 0) is 17.7 Å². The highest BCUT2D eigenvalue weighted by Gasteiger charge is 2.22. The molecule has 0 atom stereocenters.